The molecule has 3 heteroatoms. The number of hydrogen-bond acceptors (Lipinski definition) is 3. The molecule has 3 nitrogen and oxygen atoms in total. The Morgan fingerprint density at radius 2 is 1.29 bits per heavy atom. The molecule has 3 aromatic rings. The van der Waals surface area contributed by atoms with Gasteiger partial charge in [-0.05, 0) is 36.1 Å². The summed E-state index contributed by atoms with van der Waals surface area (Å²) in [5, 5.41) is 12.4. The van der Waals surface area contributed by atoms with Gasteiger partial charge in [0.15, 0.2) is 0 Å². The van der Waals surface area contributed by atoms with Crippen molar-refractivity contribution < 1.29 is 5.11 Å². The average molecular weight is 455 g/mol. The molecule has 2 aliphatic rings. The first-order valence-electron chi connectivity index (χ1n) is 13.0. The number of rotatable bonds is 6. The van der Waals surface area contributed by atoms with E-state index in [1.807, 2.05) is 0 Å². The average Bonchev–Trinajstić information content (AvgIpc) is 2.91. The molecule has 5 rings (SSSR count). The largest absolute Gasteiger partial charge is 0.389 e. The molecule has 1 N–H and O–H groups in total. The first kappa shape index (κ1) is 23.1. The molecule has 0 spiro atoms. The minimum absolute atomic E-state index is 0.107. The van der Waals surface area contributed by atoms with E-state index in [0.717, 1.165) is 45.4 Å². The summed E-state index contributed by atoms with van der Waals surface area (Å²) in [5.74, 6) is 0.318. The van der Waals surface area contributed by atoms with Crippen molar-refractivity contribution in [2.75, 3.05) is 31.1 Å². The zero-order valence-electron chi connectivity index (χ0n) is 20.4. The van der Waals surface area contributed by atoms with E-state index in [9.17, 15) is 5.11 Å². The summed E-state index contributed by atoms with van der Waals surface area (Å²) in [6.45, 7) is 6.31. The van der Waals surface area contributed by atoms with Crippen LogP contribution in [0, 0.1) is 5.92 Å². The van der Waals surface area contributed by atoms with Gasteiger partial charge in [-0.25, -0.2) is 0 Å². The van der Waals surface area contributed by atoms with Gasteiger partial charge in [-0.2, -0.15) is 0 Å². The molecule has 1 saturated carbocycles. The van der Waals surface area contributed by atoms with Crippen molar-refractivity contribution in [3.05, 3.63) is 102 Å². The van der Waals surface area contributed by atoms with E-state index >= 15 is 0 Å². The van der Waals surface area contributed by atoms with Crippen LogP contribution in [0.25, 0.3) is 0 Å². The van der Waals surface area contributed by atoms with E-state index in [-0.39, 0.29) is 17.9 Å². The summed E-state index contributed by atoms with van der Waals surface area (Å²) >= 11 is 0. The first-order chi connectivity index (χ1) is 16.7. The fraction of sp³-hybridized carbons (Fsp3) is 0.419. The van der Waals surface area contributed by atoms with Crippen LogP contribution < -0.4 is 4.90 Å². The third-order valence-corrected chi connectivity index (χ3v) is 8.39. The van der Waals surface area contributed by atoms with Crippen LogP contribution in [0.5, 0.6) is 0 Å². The number of aliphatic hydroxyl groups is 1. The number of benzene rings is 3. The van der Waals surface area contributed by atoms with Gasteiger partial charge in [-0.1, -0.05) is 98.6 Å². The Balaban J connectivity index is 1.44. The smallest absolute Gasteiger partial charge is 0.0759 e. The minimum atomic E-state index is -0.712. The van der Waals surface area contributed by atoms with Crippen molar-refractivity contribution in [3.63, 3.8) is 0 Å². The summed E-state index contributed by atoms with van der Waals surface area (Å²) in [5.41, 5.74) is 3.19. The van der Waals surface area contributed by atoms with E-state index in [0.29, 0.717) is 0 Å². The van der Waals surface area contributed by atoms with E-state index in [1.165, 1.54) is 23.2 Å². The highest BCUT2D eigenvalue weighted by atomic mass is 16.3. The van der Waals surface area contributed by atoms with Gasteiger partial charge in [0.25, 0.3) is 0 Å². The van der Waals surface area contributed by atoms with Crippen LogP contribution in [0.1, 0.15) is 55.7 Å². The number of piperazine rings is 1. The fourth-order valence-corrected chi connectivity index (χ4v) is 6.45. The maximum atomic E-state index is 12.4. The predicted molar refractivity (Wildman–Crippen MR) is 141 cm³/mol. The third-order valence-electron chi connectivity index (χ3n) is 8.39. The summed E-state index contributed by atoms with van der Waals surface area (Å²) in [6, 6.07) is 32.6. The van der Waals surface area contributed by atoms with Gasteiger partial charge >= 0.3 is 0 Å². The Labute approximate surface area is 205 Å². The molecule has 1 heterocycles. The summed E-state index contributed by atoms with van der Waals surface area (Å²) in [6.07, 6.45) is 4.25. The summed E-state index contributed by atoms with van der Waals surface area (Å²) in [7, 11) is 0. The Morgan fingerprint density at radius 3 is 1.91 bits per heavy atom. The molecule has 0 bridgehead atoms. The van der Waals surface area contributed by atoms with Crippen LogP contribution in [0.15, 0.2) is 91.0 Å². The molecule has 1 aliphatic carbocycles. The van der Waals surface area contributed by atoms with Gasteiger partial charge in [0.1, 0.15) is 0 Å². The lowest BCUT2D eigenvalue weighted by molar-refractivity contribution is -0.0994. The van der Waals surface area contributed by atoms with Crippen LogP contribution in [0.4, 0.5) is 5.69 Å². The van der Waals surface area contributed by atoms with Gasteiger partial charge in [0.05, 0.1) is 5.60 Å². The maximum absolute atomic E-state index is 12.4. The quantitative estimate of drug-likeness (QED) is 0.475. The molecule has 1 saturated heterocycles. The van der Waals surface area contributed by atoms with Crippen molar-refractivity contribution in [1.82, 2.24) is 4.90 Å². The molecule has 34 heavy (non-hydrogen) atoms. The van der Waals surface area contributed by atoms with Crippen molar-refractivity contribution in [2.24, 2.45) is 5.92 Å². The molecular formula is C31H38N2O. The van der Waals surface area contributed by atoms with Crippen molar-refractivity contribution >= 4 is 5.69 Å². The lowest BCUT2D eigenvalue weighted by atomic mass is 9.63. The minimum Gasteiger partial charge on any atom is -0.389 e. The molecule has 0 aromatic heterocycles. The second-order valence-corrected chi connectivity index (χ2v) is 10.2. The number of anilines is 1. The maximum Gasteiger partial charge on any atom is 0.0759 e. The van der Waals surface area contributed by atoms with Gasteiger partial charge in [0, 0.05) is 49.7 Å². The molecule has 2 fully saturated rings. The third kappa shape index (κ3) is 4.64. The SMILES string of the molecule is CC(c1ccccc1)C1(O)CCCCC1C(c1ccccc1)N1CCN(c2ccccc2)CC1. The topological polar surface area (TPSA) is 26.7 Å². The second kappa shape index (κ2) is 10.3. The monoisotopic (exact) mass is 454 g/mol. The predicted octanol–water partition coefficient (Wildman–Crippen LogP) is 6.27. The molecule has 1 aliphatic heterocycles. The molecule has 0 amide bonds. The Bertz CT molecular complexity index is 1020. The van der Waals surface area contributed by atoms with Gasteiger partial charge in [0.2, 0.25) is 0 Å². The Hall–Kier alpha value is -2.62. The number of nitrogens with zero attached hydrogens (tertiary/aromatic N) is 2. The Kier molecular flexibility index (Phi) is 7.03. The van der Waals surface area contributed by atoms with Crippen molar-refractivity contribution in [2.45, 2.75) is 50.2 Å². The summed E-state index contributed by atoms with van der Waals surface area (Å²) in [4.78, 5) is 5.16. The molecule has 178 valence electrons. The van der Waals surface area contributed by atoms with Crippen LogP contribution in [0.2, 0.25) is 0 Å². The number of para-hydroxylation sites is 1. The summed E-state index contributed by atoms with van der Waals surface area (Å²) < 4.78 is 0. The highest BCUT2D eigenvalue weighted by Gasteiger charge is 2.49. The van der Waals surface area contributed by atoms with Gasteiger partial charge in [-0.15, -0.1) is 0 Å². The fourth-order valence-electron chi connectivity index (χ4n) is 6.45. The van der Waals surface area contributed by atoms with Gasteiger partial charge in [-0.3, -0.25) is 4.90 Å². The van der Waals surface area contributed by atoms with Crippen LogP contribution in [0.3, 0.4) is 0 Å². The molecule has 4 unspecified atom stereocenters. The standard InChI is InChI=1S/C31H38N2O/c1-25(26-13-5-2-6-14-26)31(34)20-12-11-19-29(31)30(27-15-7-3-8-16-27)33-23-21-32(22-24-33)28-17-9-4-10-18-28/h2-10,13-18,25,29-30,34H,11-12,19-24H2,1H3. The van der Waals surface area contributed by atoms with Crippen LogP contribution in [-0.4, -0.2) is 41.8 Å². The number of hydrogen-bond donors (Lipinski definition) is 1. The lowest BCUT2D eigenvalue weighted by Crippen LogP contribution is -2.55. The Morgan fingerprint density at radius 1 is 0.735 bits per heavy atom. The molecule has 3 aromatic carbocycles. The van der Waals surface area contributed by atoms with E-state index in [1.54, 1.807) is 0 Å². The highest BCUT2D eigenvalue weighted by molar-refractivity contribution is 5.46. The van der Waals surface area contributed by atoms with E-state index < -0.39 is 5.60 Å². The van der Waals surface area contributed by atoms with Gasteiger partial charge < -0.3 is 10.0 Å². The van der Waals surface area contributed by atoms with Crippen molar-refractivity contribution in [1.29, 1.82) is 0 Å². The highest BCUT2D eigenvalue weighted by Crippen LogP contribution is 2.50. The normalized spacial score (nSPS) is 25.6. The molecule has 4 atom stereocenters. The van der Waals surface area contributed by atoms with Crippen molar-refractivity contribution in [3.8, 4) is 0 Å². The van der Waals surface area contributed by atoms with E-state index in [2.05, 4.69) is 108 Å². The molecule has 0 radical (unpaired) electrons. The first-order valence-corrected chi connectivity index (χ1v) is 13.0. The molecular weight excluding hydrogens is 416 g/mol. The zero-order valence-corrected chi connectivity index (χ0v) is 20.4. The van der Waals surface area contributed by atoms with Crippen LogP contribution >= 0.6 is 0 Å². The lowest BCUT2D eigenvalue weighted by Gasteiger charge is -2.52. The van der Waals surface area contributed by atoms with E-state index in [4.69, 9.17) is 0 Å². The second-order valence-electron chi connectivity index (χ2n) is 10.2. The zero-order chi connectivity index (χ0) is 23.4. The van der Waals surface area contributed by atoms with Crippen LogP contribution in [-0.2, 0) is 0 Å².